The lowest BCUT2D eigenvalue weighted by atomic mass is 10.3. The van der Waals surface area contributed by atoms with Crippen LogP contribution in [-0.4, -0.2) is 35.8 Å². The summed E-state index contributed by atoms with van der Waals surface area (Å²) in [5.41, 5.74) is 0. The van der Waals surface area contributed by atoms with E-state index in [0.29, 0.717) is 0 Å². The molecule has 0 unspecified atom stereocenters. The third kappa shape index (κ3) is 2.46. The van der Waals surface area contributed by atoms with Gasteiger partial charge in [0.05, 0.1) is 6.42 Å². The van der Waals surface area contributed by atoms with Gasteiger partial charge in [0.25, 0.3) is 0 Å². The van der Waals surface area contributed by atoms with E-state index in [-0.39, 0.29) is 25.4 Å². The van der Waals surface area contributed by atoms with Gasteiger partial charge in [0, 0.05) is 4.88 Å². The van der Waals surface area contributed by atoms with Gasteiger partial charge >= 0.3 is 11.9 Å². The Bertz CT molecular complexity index is 410. The van der Waals surface area contributed by atoms with Crippen LogP contribution in [0.3, 0.4) is 0 Å². The third-order valence-corrected chi connectivity index (χ3v) is 3.00. The number of thiophene rings is 1. The Morgan fingerprint density at radius 1 is 1.38 bits per heavy atom. The summed E-state index contributed by atoms with van der Waals surface area (Å²) in [6.45, 7) is -0.286. The van der Waals surface area contributed by atoms with E-state index in [1.54, 1.807) is 0 Å². The predicted octanol–water partition coefficient (Wildman–Crippen LogP) is 0.203. The van der Waals surface area contributed by atoms with Crippen molar-refractivity contribution in [1.29, 1.82) is 0 Å². The lowest BCUT2D eigenvalue weighted by Crippen LogP contribution is -2.46. The summed E-state index contributed by atoms with van der Waals surface area (Å²) in [5, 5.41) is 1.87. The minimum Gasteiger partial charge on any atom is -0.390 e. The van der Waals surface area contributed by atoms with Gasteiger partial charge in [-0.15, -0.1) is 11.3 Å². The second kappa shape index (κ2) is 4.44. The first kappa shape index (κ1) is 10.8. The van der Waals surface area contributed by atoms with Gasteiger partial charge in [-0.05, 0) is 11.4 Å². The molecule has 0 N–H and O–H groups in total. The summed E-state index contributed by atoms with van der Waals surface area (Å²) < 4.78 is 4.33. The van der Waals surface area contributed by atoms with Gasteiger partial charge in [0.2, 0.25) is 5.91 Å². The van der Waals surface area contributed by atoms with E-state index >= 15 is 0 Å². The van der Waals surface area contributed by atoms with E-state index in [1.165, 1.54) is 16.2 Å². The zero-order valence-corrected chi connectivity index (χ0v) is 9.16. The molecule has 5 nitrogen and oxygen atoms in total. The molecule has 1 fully saturated rings. The van der Waals surface area contributed by atoms with Crippen molar-refractivity contribution in [2.75, 3.05) is 13.1 Å². The molecule has 0 spiro atoms. The van der Waals surface area contributed by atoms with Crippen molar-refractivity contribution in [2.45, 2.75) is 6.42 Å². The zero-order chi connectivity index (χ0) is 11.5. The molecule has 0 bridgehead atoms. The maximum Gasteiger partial charge on any atom is 0.333 e. The quantitative estimate of drug-likeness (QED) is 0.546. The van der Waals surface area contributed by atoms with Crippen molar-refractivity contribution in [2.24, 2.45) is 0 Å². The number of rotatable bonds is 2. The Labute approximate surface area is 95.6 Å². The predicted molar refractivity (Wildman–Crippen MR) is 55.7 cm³/mol. The van der Waals surface area contributed by atoms with Crippen LogP contribution in [0.15, 0.2) is 17.5 Å². The highest BCUT2D eigenvalue weighted by molar-refractivity contribution is 7.10. The normalized spacial score (nSPS) is 16.1. The van der Waals surface area contributed by atoms with Gasteiger partial charge in [-0.1, -0.05) is 6.07 Å². The summed E-state index contributed by atoms with van der Waals surface area (Å²) in [6.07, 6.45) is 0.220. The Balaban J connectivity index is 1.99. The van der Waals surface area contributed by atoms with Crippen LogP contribution < -0.4 is 0 Å². The Kier molecular flexibility index (Phi) is 3.00. The molecule has 1 saturated heterocycles. The number of amides is 1. The molecular weight excluding hydrogens is 230 g/mol. The molecule has 0 saturated carbocycles. The summed E-state index contributed by atoms with van der Waals surface area (Å²) in [4.78, 5) is 35.8. The number of hydrogen-bond acceptors (Lipinski definition) is 5. The molecular formula is C10H9NO4S. The van der Waals surface area contributed by atoms with E-state index in [4.69, 9.17) is 0 Å². The second-order valence-corrected chi connectivity index (χ2v) is 4.38. The minimum atomic E-state index is -0.671. The standard InChI is InChI=1S/C10H9NO4S/c12-8(4-7-2-1-3-16-7)11-5-9(13)15-10(14)6-11/h1-3H,4-6H2. The molecule has 84 valence electrons. The highest BCUT2D eigenvalue weighted by Crippen LogP contribution is 2.11. The van der Waals surface area contributed by atoms with Crippen molar-refractivity contribution in [3.8, 4) is 0 Å². The minimum absolute atomic E-state index is 0.143. The first-order valence-corrected chi connectivity index (χ1v) is 5.57. The van der Waals surface area contributed by atoms with Gasteiger partial charge in [-0.3, -0.25) is 4.79 Å². The fourth-order valence-corrected chi connectivity index (χ4v) is 2.11. The Hall–Kier alpha value is -1.69. The number of carbonyl (C=O) groups is 3. The van der Waals surface area contributed by atoms with Crippen molar-refractivity contribution in [3.05, 3.63) is 22.4 Å². The van der Waals surface area contributed by atoms with E-state index in [0.717, 1.165) is 4.88 Å². The average molecular weight is 239 g/mol. The molecule has 0 atom stereocenters. The Morgan fingerprint density at radius 3 is 2.62 bits per heavy atom. The number of hydrogen-bond donors (Lipinski definition) is 0. The number of ether oxygens (including phenoxy) is 1. The van der Waals surface area contributed by atoms with Crippen molar-refractivity contribution in [3.63, 3.8) is 0 Å². The molecule has 2 heterocycles. The first-order valence-electron chi connectivity index (χ1n) is 4.69. The zero-order valence-electron chi connectivity index (χ0n) is 8.34. The maximum absolute atomic E-state index is 11.7. The number of carbonyl (C=O) groups excluding carboxylic acids is 3. The smallest absolute Gasteiger partial charge is 0.333 e. The van der Waals surface area contributed by atoms with Crippen LogP contribution in [0, 0.1) is 0 Å². The average Bonchev–Trinajstić information content (AvgIpc) is 2.68. The van der Waals surface area contributed by atoms with Crippen LogP contribution in [0.5, 0.6) is 0 Å². The molecule has 0 aromatic carbocycles. The molecule has 0 radical (unpaired) electrons. The second-order valence-electron chi connectivity index (χ2n) is 3.35. The van der Waals surface area contributed by atoms with E-state index in [2.05, 4.69) is 4.74 Å². The third-order valence-electron chi connectivity index (χ3n) is 2.13. The number of cyclic esters (lactones) is 2. The van der Waals surface area contributed by atoms with Gasteiger partial charge in [-0.25, -0.2) is 9.59 Å². The van der Waals surface area contributed by atoms with Gasteiger partial charge in [0.1, 0.15) is 13.1 Å². The Morgan fingerprint density at radius 2 is 2.06 bits per heavy atom. The summed E-state index contributed by atoms with van der Waals surface area (Å²) in [5.74, 6) is -1.57. The first-order chi connectivity index (χ1) is 7.65. The fraction of sp³-hybridized carbons (Fsp3) is 0.300. The van der Waals surface area contributed by atoms with Crippen molar-refractivity contribution >= 4 is 29.2 Å². The highest BCUT2D eigenvalue weighted by atomic mass is 32.1. The van der Waals surface area contributed by atoms with Crippen LogP contribution in [0.1, 0.15) is 4.88 Å². The van der Waals surface area contributed by atoms with Crippen molar-refractivity contribution in [1.82, 2.24) is 4.90 Å². The van der Waals surface area contributed by atoms with Gasteiger partial charge in [0.15, 0.2) is 0 Å². The lowest BCUT2D eigenvalue weighted by molar-refractivity contribution is -0.170. The molecule has 1 aromatic heterocycles. The lowest BCUT2D eigenvalue weighted by Gasteiger charge is -2.24. The molecule has 1 aromatic rings. The molecule has 1 aliphatic rings. The van der Waals surface area contributed by atoms with Gasteiger partial charge < -0.3 is 9.64 Å². The number of esters is 2. The van der Waals surface area contributed by atoms with Crippen LogP contribution in [0.4, 0.5) is 0 Å². The van der Waals surface area contributed by atoms with Crippen LogP contribution in [0.25, 0.3) is 0 Å². The summed E-state index contributed by atoms with van der Waals surface area (Å²) in [7, 11) is 0. The van der Waals surface area contributed by atoms with E-state index < -0.39 is 11.9 Å². The van der Waals surface area contributed by atoms with Crippen molar-refractivity contribution < 1.29 is 19.1 Å². The number of morpholine rings is 1. The molecule has 2 rings (SSSR count). The largest absolute Gasteiger partial charge is 0.390 e. The topological polar surface area (TPSA) is 63.7 Å². The monoisotopic (exact) mass is 239 g/mol. The molecule has 1 aliphatic heterocycles. The fourth-order valence-electron chi connectivity index (χ4n) is 1.41. The molecule has 1 amide bonds. The molecule has 0 aliphatic carbocycles. The van der Waals surface area contributed by atoms with Crippen LogP contribution in [0.2, 0.25) is 0 Å². The summed E-state index contributed by atoms with van der Waals surface area (Å²) >= 11 is 1.47. The highest BCUT2D eigenvalue weighted by Gasteiger charge is 2.28. The number of nitrogens with zero attached hydrogens (tertiary/aromatic N) is 1. The molecule has 6 heteroatoms. The van der Waals surface area contributed by atoms with Gasteiger partial charge in [-0.2, -0.15) is 0 Å². The van der Waals surface area contributed by atoms with Crippen LogP contribution in [-0.2, 0) is 25.5 Å². The van der Waals surface area contributed by atoms with E-state index in [9.17, 15) is 14.4 Å². The van der Waals surface area contributed by atoms with E-state index in [1.807, 2.05) is 17.5 Å². The van der Waals surface area contributed by atoms with Crippen LogP contribution >= 0.6 is 11.3 Å². The maximum atomic E-state index is 11.7. The molecule has 16 heavy (non-hydrogen) atoms. The SMILES string of the molecule is O=C1CN(C(=O)Cc2cccs2)CC(=O)O1. The summed E-state index contributed by atoms with van der Waals surface area (Å²) in [6, 6.07) is 3.69.